The summed E-state index contributed by atoms with van der Waals surface area (Å²) in [6, 6.07) is 2.66. The molecule has 0 heterocycles. The zero-order chi connectivity index (χ0) is 15.3. The van der Waals surface area contributed by atoms with Gasteiger partial charge in [-0.15, -0.1) is 0 Å². The number of nitrogens with zero attached hydrogens (tertiary/aromatic N) is 1. The Labute approximate surface area is 115 Å². The number of rotatable bonds is 6. The summed E-state index contributed by atoms with van der Waals surface area (Å²) < 4.78 is 26.0. The largest absolute Gasteiger partial charge is 0.369 e. The molecule has 0 radical (unpaired) electrons. The molecular weight excluding hydrogens is 268 g/mol. The molecule has 7 heteroatoms. The van der Waals surface area contributed by atoms with E-state index in [1.165, 1.54) is 0 Å². The van der Waals surface area contributed by atoms with Crippen molar-refractivity contribution in [1.29, 1.82) is 0 Å². The Morgan fingerprint density at radius 1 is 1.20 bits per heavy atom. The maximum absolute atomic E-state index is 13.0. The normalized spacial score (nSPS) is 10.9. The van der Waals surface area contributed by atoms with Gasteiger partial charge in [-0.25, -0.2) is 8.78 Å². The lowest BCUT2D eigenvalue weighted by Crippen LogP contribution is -2.43. The number of halogens is 2. The van der Waals surface area contributed by atoms with E-state index in [4.69, 9.17) is 5.73 Å². The minimum Gasteiger partial charge on any atom is -0.369 e. The Balaban J connectivity index is 2.67. The van der Waals surface area contributed by atoms with Crippen LogP contribution in [0.25, 0.3) is 0 Å². The maximum atomic E-state index is 13.0. The van der Waals surface area contributed by atoms with Crippen LogP contribution in [0.3, 0.4) is 0 Å². The van der Waals surface area contributed by atoms with Crippen LogP contribution in [0.15, 0.2) is 18.2 Å². The molecule has 2 amide bonds. The first kappa shape index (κ1) is 16.0. The van der Waals surface area contributed by atoms with Gasteiger partial charge >= 0.3 is 0 Å². The second-order valence-electron chi connectivity index (χ2n) is 4.67. The molecule has 0 aliphatic rings. The van der Waals surface area contributed by atoms with Crippen LogP contribution < -0.4 is 11.1 Å². The lowest BCUT2D eigenvalue weighted by molar-refractivity contribution is -0.121. The molecule has 110 valence electrons. The van der Waals surface area contributed by atoms with Crippen LogP contribution in [-0.4, -0.2) is 35.8 Å². The Hall–Kier alpha value is -2.02. The number of anilines is 1. The molecule has 20 heavy (non-hydrogen) atoms. The number of nitrogens with one attached hydrogen (secondary N) is 1. The molecule has 0 aromatic heterocycles. The van der Waals surface area contributed by atoms with Crippen LogP contribution in [0.2, 0.25) is 0 Å². The van der Waals surface area contributed by atoms with E-state index in [1.807, 2.05) is 0 Å². The van der Waals surface area contributed by atoms with E-state index in [2.05, 4.69) is 5.32 Å². The van der Waals surface area contributed by atoms with E-state index >= 15 is 0 Å². The lowest BCUT2D eigenvalue weighted by atomic mass is 10.2. The van der Waals surface area contributed by atoms with Gasteiger partial charge in [-0.2, -0.15) is 0 Å². The van der Waals surface area contributed by atoms with Crippen LogP contribution in [0.5, 0.6) is 0 Å². The fourth-order valence-electron chi connectivity index (χ4n) is 1.63. The van der Waals surface area contributed by atoms with Crippen molar-refractivity contribution in [3.8, 4) is 0 Å². The quantitative estimate of drug-likeness (QED) is 0.822. The van der Waals surface area contributed by atoms with Gasteiger partial charge in [-0.05, 0) is 26.0 Å². The van der Waals surface area contributed by atoms with Crippen molar-refractivity contribution in [2.24, 2.45) is 5.73 Å². The zero-order valence-electron chi connectivity index (χ0n) is 11.3. The van der Waals surface area contributed by atoms with Crippen molar-refractivity contribution >= 4 is 17.5 Å². The molecule has 0 spiro atoms. The smallest absolute Gasteiger partial charge is 0.238 e. The molecule has 0 aliphatic carbocycles. The van der Waals surface area contributed by atoms with Crippen LogP contribution in [0.1, 0.15) is 13.8 Å². The zero-order valence-corrected chi connectivity index (χ0v) is 11.3. The molecule has 0 fully saturated rings. The van der Waals surface area contributed by atoms with Crippen LogP contribution in [0, 0.1) is 11.6 Å². The molecule has 1 rings (SSSR count). The number of carbonyl (C=O) groups excluding carboxylic acids is 2. The minimum absolute atomic E-state index is 0.0234. The first-order valence-electron chi connectivity index (χ1n) is 6.06. The number of hydrogen-bond acceptors (Lipinski definition) is 3. The lowest BCUT2D eigenvalue weighted by Gasteiger charge is -2.24. The van der Waals surface area contributed by atoms with Gasteiger partial charge in [0.15, 0.2) is 0 Å². The predicted molar refractivity (Wildman–Crippen MR) is 70.9 cm³/mol. The molecule has 1 aromatic rings. The number of nitrogens with two attached hydrogens (primary N) is 1. The summed E-state index contributed by atoms with van der Waals surface area (Å²) in [7, 11) is 0. The van der Waals surface area contributed by atoms with Crippen molar-refractivity contribution in [3.05, 3.63) is 29.8 Å². The van der Waals surface area contributed by atoms with E-state index in [0.717, 1.165) is 12.1 Å². The fourth-order valence-corrected chi connectivity index (χ4v) is 1.63. The first-order valence-corrected chi connectivity index (χ1v) is 6.06. The summed E-state index contributed by atoms with van der Waals surface area (Å²) in [6.45, 7) is 3.44. The second-order valence-corrected chi connectivity index (χ2v) is 4.67. The maximum Gasteiger partial charge on any atom is 0.238 e. The highest BCUT2D eigenvalue weighted by atomic mass is 19.1. The van der Waals surface area contributed by atoms with Gasteiger partial charge in [0.1, 0.15) is 11.6 Å². The Morgan fingerprint density at radius 2 is 1.75 bits per heavy atom. The van der Waals surface area contributed by atoms with Gasteiger partial charge in [0.05, 0.1) is 13.1 Å². The van der Waals surface area contributed by atoms with Crippen LogP contribution in [-0.2, 0) is 9.59 Å². The monoisotopic (exact) mass is 285 g/mol. The second kappa shape index (κ2) is 6.95. The van der Waals surface area contributed by atoms with E-state index < -0.39 is 23.4 Å². The Morgan fingerprint density at radius 3 is 2.20 bits per heavy atom. The topological polar surface area (TPSA) is 75.4 Å². The number of carbonyl (C=O) groups is 2. The van der Waals surface area contributed by atoms with E-state index in [-0.39, 0.29) is 24.8 Å². The van der Waals surface area contributed by atoms with Gasteiger partial charge in [0.2, 0.25) is 11.8 Å². The molecule has 0 saturated carbocycles. The molecule has 0 aliphatic heterocycles. The summed E-state index contributed by atoms with van der Waals surface area (Å²) in [5.74, 6) is -2.59. The summed E-state index contributed by atoms with van der Waals surface area (Å²) >= 11 is 0. The molecule has 1 aromatic carbocycles. The number of primary amides is 1. The highest BCUT2D eigenvalue weighted by Gasteiger charge is 2.16. The van der Waals surface area contributed by atoms with E-state index in [1.54, 1.807) is 18.7 Å². The number of amides is 2. The highest BCUT2D eigenvalue weighted by molar-refractivity contribution is 5.92. The SMILES string of the molecule is CC(C)N(CC(N)=O)CC(=O)Nc1cc(F)cc(F)c1. The summed E-state index contributed by atoms with van der Waals surface area (Å²) in [5.41, 5.74) is 5.11. The van der Waals surface area contributed by atoms with Gasteiger partial charge in [-0.3, -0.25) is 14.5 Å². The predicted octanol–water partition coefficient (Wildman–Crippen LogP) is 1.10. The molecule has 0 atom stereocenters. The third-order valence-corrected chi connectivity index (χ3v) is 2.58. The van der Waals surface area contributed by atoms with E-state index in [9.17, 15) is 18.4 Å². The molecular formula is C13H17F2N3O2. The molecule has 0 unspecified atom stereocenters. The van der Waals surface area contributed by atoms with Crippen LogP contribution in [0.4, 0.5) is 14.5 Å². The highest BCUT2D eigenvalue weighted by Crippen LogP contribution is 2.13. The van der Waals surface area contributed by atoms with Crippen molar-refractivity contribution in [2.45, 2.75) is 19.9 Å². The Kier molecular flexibility index (Phi) is 5.57. The van der Waals surface area contributed by atoms with Crippen molar-refractivity contribution in [1.82, 2.24) is 4.90 Å². The van der Waals surface area contributed by atoms with E-state index in [0.29, 0.717) is 6.07 Å². The third-order valence-electron chi connectivity index (χ3n) is 2.58. The average Bonchev–Trinajstić information content (AvgIpc) is 2.25. The van der Waals surface area contributed by atoms with Gasteiger partial charge in [-0.1, -0.05) is 0 Å². The molecule has 0 bridgehead atoms. The fraction of sp³-hybridized carbons (Fsp3) is 0.385. The molecule has 0 saturated heterocycles. The van der Waals surface area contributed by atoms with Gasteiger partial charge in [0.25, 0.3) is 0 Å². The molecule has 3 N–H and O–H groups in total. The first-order chi connectivity index (χ1) is 9.27. The minimum atomic E-state index is -0.779. The average molecular weight is 285 g/mol. The summed E-state index contributed by atoms with van der Waals surface area (Å²) in [5, 5.41) is 2.37. The van der Waals surface area contributed by atoms with Crippen LogP contribution >= 0.6 is 0 Å². The van der Waals surface area contributed by atoms with Crippen molar-refractivity contribution in [3.63, 3.8) is 0 Å². The van der Waals surface area contributed by atoms with Gasteiger partial charge in [0, 0.05) is 17.8 Å². The molecule has 5 nitrogen and oxygen atoms in total. The number of benzene rings is 1. The van der Waals surface area contributed by atoms with Gasteiger partial charge < -0.3 is 11.1 Å². The third kappa shape index (κ3) is 5.31. The summed E-state index contributed by atoms with van der Waals surface area (Å²) in [4.78, 5) is 24.2. The number of hydrogen-bond donors (Lipinski definition) is 2. The summed E-state index contributed by atoms with van der Waals surface area (Å²) in [6.07, 6.45) is 0. The Bertz CT molecular complexity index is 486. The van der Waals surface area contributed by atoms with Crippen molar-refractivity contribution in [2.75, 3.05) is 18.4 Å². The van der Waals surface area contributed by atoms with Crippen molar-refractivity contribution < 1.29 is 18.4 Å². The standard InChI is InChI=1S/C13H17F2N3O2/c1-8(2)18(6-12(16)19)7-13(20)17-11-4-9(14)3-10(15)5-11/h3-5,8H,6-7H2,1-2H3,(H2,16,19)(H,17,20).